The van der Waals surface area contributed by atoms with Crippen molar-refractivity contribution >= 4 is 37.8 Å². The summed E-state index contributed by atoms with van der Waals surface area (Å²) in [5.41, 5.74) is 18.6. The van der Waals surface area contributed by atoms with Crippen LogP contribution < -0.4 is 0 Å². The molecular weight excluding hydrogens is 608 g/mol. The first-order chi connectivity index (χ1) is 21.4. The van der Waals surface area contributed by atoms with Crippen molar-refractivity contribution in [3.05, 3.63) is 140 Å². The fraction of sp³-hybridized carbons (Fsp3) is 0.273. The second-order valence-corrected chi connectivity index (χ2v) is 16.6. The van der Waals surface area contributed by atoms with E-state index in [1.807, 2.05) is 0 Å². The van der Waals surface area contributed by atoms with E-state index < -0.39 is 0 Å². The maximum Gasteiger partial charge on any atom is 0.0178 e. The highest BCUT2D eigenvalue weighted by Gasteiger charge is 2.56. The van der Waals surface area contributed by atoms with Gasteiger partial charge < -0.3 is 0 Å². The second-order valence-electron chi connectivity index (χ2n) is 15.7. The zero-order chi connectivity index (χ0) is 31.3. The first-order valence-corrected chi connectivity index (χ1v) is 17.2. The highest BCUT2D eigenvalue weighted by Crippen LogP contribution is 2.68. The summed E-state index contributed by atoms with van der Waals surface area (Å²) in [6.45, 7) is 17.1. The molecule has 1 atom stereocenters. The molecular formula is C44H39Br. The van der Waals surface area contributed by atoms with E-state index in [1.165, 1.54) is 77.6 Å². The van der Waals surface area contributed by atoms with Crippen molar-refractivity contribution in [3.63, 3.8) is 0 Å². The van der Waals surface area contributed by atoms with Crippen LogP contribution in [0.5, 0.6) is 0 Å². The van der Waals surface area contributed by atoms with Crippen molar-refractivity contribution in [1.82, 2.24) is 0 Å². The van der Waals surface area contributed by atoms with Gasteiger partial charge in [0, 0.05) is 26.1 Å². The second kappa shape index (κ2) is 8.56. The molecule has 45 heavy (non-hydrogen) atoms. The summed E-state index contributed by atoms with van der Waals surface area (Å²) in [6, 6.07) is 34.9. The van der Waals surface area contributed by atoms with Crippen LogP contribution >= 0.6 is 15.9 Å². The topological polar surface area (TPSA) is 0 Å². The normalized spacial score (nSPS) is 22.4. The van der Waals surface area contributed by atoms with Crippen LogP contribution in [0.2, 0.25) is 0 Å². The molecule has 1 unspecified atom stereocenters. The average molecular weight is 648 g/mol. The quantitative estimate of drug-likeness (QED) is 0.170. The van der Waals surface area contributed by atoms with Gasteiger partial charge in [0.25, 0.3) is 0 Å². The third-order valence-electron chi connectivity index (χ3n) is 12.7. The first-order valence-electron chi connectivity index (χ1n) is 16.4. The van der Waals surface area contributed by atoms with E-state index in [0.29, 0.717) is 0 Å². The fourth-order valence-corrected chi connectivity index (χ4v) is 10.0. The minimum Gasteiger partial charge on any atom is -0.0619 e. The molecule has 4 aliphatic carbocycles. The lowest BCUT2D eigenvalue weighted by Crippen LogP contribution is -2.36. The van der Waals surface area contributed by atoms with Crippen molar-refractivity contribution in [2.24, 2.45) is 5.41 Å². The van der Waals surface area contributed by atoms with Gasteiger partial charge in [0.1, 0.15) is 0 Å². The van der Waals surface area contributed by atoms with Crippen molar-refractivity contribution in [2.75, 3.05) is 0 Å². The minimum atomic E-state index is -0.0417. The van der Waals surface area contributed by atoms with E-state index in [0.717, 1.165) is 10.9 Å². The zero-order valence-electron chi connectivity index (χ0n) is 27.3. The van der Waals surface area contributed by atoms with Gasteiger partial charge in [-0.3, -0.25) is 0 Å². The molecule has 0 spiro atoms. The Hall–Kier alpha value is -3.68. The van der Waals surface area contributed by atoms with Gasteiger partial charge in [-0.15, -0.1) is 0 Å². The minimum absolute atomic E-state index is 0.0120. The van der Waals surface area contributed by atoms with E-state index in [9.17, 15) is 0 Å². The Morgan fingerprint density at radius 2 is 1.22 bits per heavy atom. The van der Waals surface area contributed by atoms with E-state index in [1.54, 1.807) is 5.57 Å². The summed E-state index contributed by atoms with van der Waals surface area (Å²) in [7, 11) is 0. The molecule has 0 N–H and O–H groups in total. The maximum absolute atomic E-state index is 3.76. The van der Waals surface area contributed by atoms with Crippen LogP contribution in [0.1, 0.15) is 88.3 Å². The largest absolute Gasteiger partial charge is 0.0619 e. The number of halogens is 1. The monoisotopic (exact) mass is 646 g/mol. The van der Waals surface area contributed by atoms with Crippen LogP contribution in [0.4, 0.5) is 0 Å². The van der Waals surface area contributed by atoms with E-state index in [2.05, 4.69) is 161 Å². The lowest BCUT2D eigenvalue weighted by Gasteiger charge is -2.43. The standard InChI is InChI=1S/C44H39Br/c1-41(2)34-15-11-10-13-28(34)29-18-16-25(20-35(29)41)32-22-38-40(31-14-9-8-12-27(31)32)39-23-37-33(24-44(39,7)43(38,5)6)30-19-17-26(45)21-36(30)42(37,3)4/h8-23H,24H2,1-7H3. The molecule has 0 saturated heterocycles. The molecule has 0 aliphatic heterocycles. The van der Waals surface area contributed by atoms with Gasteiger partial charge in [0.2, 0.25) is 0 Å². The number of hydrogen-bond donors (Lipinski definition) is 0. The molecule has 5 aromatic carbocycles. The molecule has 0 aromatic heterocycles. The van der Waals surface area contributed by atoms with Crippen LogP contribution in [-0.2, 0) is 16.2 Å². The number of allylic oxidation sites excluding steroid dienone is 4. The molecule has 4 aliphatic rings. The molecule has 0 saturated carbocycles. The van der Waals surface area contributed by atoms with Gasteiger partial charge in [-0.2, -0.15) is 0 Å². The lowest BCUT2D eigenvalue weighted by atomic mass is 9.60. The van der Waals surface area contributed by atoms with Crippen LogP contribution in [0, 0.1) is 5.41 Å². The van der Waals surface area contributed by atoms with Gasteiger partial charge in [-0.1, -0.05) is 137 Å². The predicted molar refractivity (Wildman–Crippen MR) is 195 cm³/mol. The summed E-state index contributed by atoms with van der Waals surface area (Å²) in [6.07, 6.45) is 3.67. The molecule has 0 amide bonds. The Labute approximate surface area is 276 Å². The smallest absolute Gasteiger partial charge is 0.0178 e. The Kier molecular flexibility index (Phi) is 5.26. The van der Waals surface area contributed by atoms with Crippen molar-refractivity contribution in [2.45, 2.75) is 71.1 Å². The average Bonchev–Trinajstić information content (AvgIpc) is 3.46. The zero-order valence-corrected chi connectivity index (χ0v) is 28.9. The Morgan fingerprint density at radius 3 is 2.02 bits per heavy atom. The van der Waals surface area contributed by atoms with E-state index in [4.69, 9.17) is 0 Å². The highest BCUT2D eigenvalue weighted by molar-refractivity contribution is 9.10. The first kappa shape index (κ1) is 27.6. The highest BCUT2D eigenvalue weighted by atomic mass is 79.9. The number of benzene rings is 5. The van der Waals surface area contributed by atoms with Crippen LogP contribution in [0.25, 0.3) is 44.2 Å². The Balaban J connectivity index is 1.28. The van der Waals surface area contributed by atoms with E-state index >= 15 is 0 Å². The molecule has 1 heteroatoms. The van der Waals surface area contributed by atoms with Gasteiger partial charge in [-0.25, -0.2) is 0 Å². The number of rotatable bonds is 1. The Bertz CT molecular complexity index is 2230. The van der Waals surface area contributed by atoms with Gasteiger partial charge in [0.05, 0.1) is 0 Å². The summed E-state index contributed by atoms with van der Waals surface area (Å²) in [4.78, 5) is 0. The molecule has 0 bridgehead atoms. The summed E-state index contributed by atoms with van der Waals surface area (Å²) in [5, 5.41) is 2.74. The van der Waals surface area contributed by atoms with Gasteiger partial charge in [0.15, 0.2) is 0 Å². The molecule has 0 nitrogen and oxygen atoms in total. The summed E-state index contributed by atoms with van der Waals surface area (Å²) >= 11 is 3.76. The SMILES string of the molecule is CC1(C)C2=C(CC3(C)C(=C2)c2c(cc(-c4ccc5c(c4)C(C)(C)c4ccccc4-5)c4ccccc24)C3(C)C)c2ccc(Br)cc21. The molecule has 0 radical (unpaired) electrons. The third kappa shape index (κ3) is 3.28. The maximum atomic E-state index is 3.76. The molecule has 0 heterocycles. The molecule has 9 rings (SSSR count). The van der Waals surface area contributed by atoms with E-state index in [-0.39, 0.29) is 21.7 Å². The number of hydrogen-bond acceptors (Lipinski definition) is 0. The van der Waals surface area contributed by atoms with Crippen LogP contribution in [0.3, 0.4) is 0 Å². The van der Waals surface area contributed by atoms with Gasteiger partial charge in [-0.05, 0) is 114 Å². The predicted octanol–water partition coefficient (Wildman–Crippen LogP) is 12.4. The fourth-order valence-electron chi connectivity index (χ4n) is 9.65. The summed E-state index contributed by atoms with van der Waals surface area (Å²) in [5.74, 6) is 0. The third-order valence-corrected chi connectivity index (χ3v) is 13.1. The van der Waals surface area contributed by atoms with Crippen molar-refractivity contribution in [1.29, 1.82) is 0 Å². The Morgan fingerprint density at radius 1 is 0.556 bits per heavy atom. The lowest BCUT2D eigenvalue weighted by molar-refractivity contribution is 0.274. The molecule has 222 valence electrons. The van der Waals surface area contributed by atoms with Crippen LogP contribution in [0.15, 0.2) is 107 Å². The van der Waals surface area contributed by atoms with Crippen LogP contribution in [-0.4, -0.2) is 0 Å². The number of fused-ring (bicyclic) bond motifs is 10. The molecule has 0 fully saturated rings. The van der Waals surface area contributed by atoms with Gasteiger partial charge >= 0.3 is 0 Å². The van der Waals surface area contributed by atoms with Crippen molar-refractivity contribution in [3.8, 4) is 22.3 Å². The molecule has 5 aromatic rings. The van der Waals surface area contributed by atoms with Crippen molar-refractivity contribution < 1.29 is 0 Å². The summed E-state index contributed by atoms with van der Waals surface area (Å²) < 4.78 is 1.16.